The second-order valence-corrected chi connectivity index (χ2v) is 5.90. The van der Waals surface area contributed by atoms with Gasteiger partial charge in [0, 0.05) is 5.54 Å². The third kappa shape index (κ3) is 3.58. The summed E-state index contributed by atoms with van der Waals surface area (Å²) in [5.74, 6) is 0.860. The Hall–Kier alpha value is -0.800. The molecule has 17 heavy (non-hydrogen) atoms. The van der Waals surface area contributed by atoms with Gasteiger partial charge in [-0.15, -0.1) is 0 Å². The number of benzene rings is 1. The number of ether oxygens (including phenoxy) is 1. The highest BCUT2D eigenvalue weighted by Crippen LogP contribution is 2.37. The molecule has 0 atom stereocenters. The van der Waals surface area contributed by atoms with Crippen molar-refractivity contribution in [3.05, 3.63) is 40.4 Å². The molecule has 1 aromatic rings. The first kappa shape index (κ1) is 12.7. The van der Waals surface area contributed by atoms with Gasteiger partial charge in [0.25, 0.3) is 0 Å². The Balaban J connectivity index is 2.03. The number of rotatable bonds is 5. The molecule has 0 heterocycles. The molecule has 2 rings (SSSR count). The monoisotopic (exact) mass is 295 g/mol. The molecule has 0 aliphatic heterocycles. The van der Waals surface area contributed by atoms with Gasteiger partial charge in [-0.05, 0) is 65.4 Å². The van der Waals surface area contributed by atoms with Crippen LogP contribution in [0.25, 0.3) is 0 Å². The summed E-state index contributed by atoms with van der Waals surface area (Å²) < 4.78 is 6.61. The summed E-state index contributed by atoms with van der Waals surface area (Å²) in [5.41, 5.74) is 8.44. The maximum atomic E-state index is 6.11. The van der Waals surface area contributed by atoms with Gasteiger partial charge in [-0.2, -0.15) is 0 Å². The van der Waals surface area contributed by atoms with E-state index >= 15 is 0 Å². The molecule has 1 saturated carbocycles. The number of halogens is 1. The Kier molecular flexibility index (Phi) is 3.59. The van der Waals surface area contributed by atoms with E-state index in [2.05, 4.69) is 34.6 Å². The number of hydrogen-bond acceptors (Lipinski definition) is 2. The third-order valence-electron chi connectivity index (χ3n) is 2.92. The maximum Gasteiger partial charge on any atom is 0.133 e. The van der Waals surface area contributed by atoms with Gasteiger partial charge in [0.2, 0.25) is 0 Å². The molecule has 0 unspecified atom stereocenters. The van der Waals surface area contributed by atoms with Crippen molar-refractivity contribution in [2.75, 3.05) is 6.61 Å². The molecule has 0 bridgehead atoms. The van der Waals surface area contributed by atoms with Crippen LogP contribution in [0.2, 0.25) is 0 Å². The van der Waals surface area contributed by atoms with Crippen molar-refractivity contribution in [1.29, 1.82) is 0 Å². The van der Waals surface area contributed by atoms with Crippen LogP contribution in [0.1, 0.15) is 25.3 Å². The van der Waals surface area contributed by atoms with Crippen LogP contribution in [0, 0.1) is 0 Å². The molecule has 92 valence electrons. The molecule has 2 N–H and O–H groups in total. The van der Waals surface area contributed by atoms with E-state index in [1.54, 1.807) is 0 Å². The molecule has 0 saturated heterocycles. The predicted octanol–water partition coefficient (Wildman–Crippen LogP) is 3.44. The minimum atomic E-state index is 0.0551. The van der Waals surface area contributed by atoms with Gasteiger partial charge < -0.3 is 10.5 Å². The average molecular weight is 296 g/mol. The van der Waals surface area contributed by atoms with Gasteiger partial charge in [-0.3, -0.25) is 0 Å². The highest BCUT2D eigenvalue weighted by molar-refractivity contribution is 9.10. The zero-order valence-electron chi connectivity index (χ0n) is 10.1. The number of nitrogens with two attached hydrogens (primary N) is 1. The SMILES string of the molecule is C=C(C)COc1ccc(CC2(N)CC2)cc1Br. The van der Waals surface area contributed by atoms with Gasteiger partial charge in [0.15, 0.2) is 0 Å². The van der Waals surface area contributed by atoms with Crippen LogP contribution in [0.5, 0.6) is 5.75 Å². The van der Waals surface area contributed by atoms with Gasteiger partial charge in [0.1, 0.15) is 12.4 Å². The largest absolute Gasteiger partial charge is 0.488 e. The van der Waals surface area contributed by atoms with Crippen molar-refractivity contribution in [2.24, 2.45) is 5.73 Å². The first-order chi connectivity index (χ1) is 7.98. The quantitative estimate of drug-likeness (QED) is 0.845. The van der Waals surface area contributed by atoms with Gasteiger partial charge in [-0.1, -0.05) is 12.6 Å². The fraction of sp³-hybridized carbons (Fsp3) is 0.429. The summed E-state index contributed by atoms with van der Waals surface area (Å²) in [6.45, 7) is 6.32. The fourth-order valence-electron chi connectivity index (χ4n) is 1.72. The second kappa shape index (κ2) is 4.83. The Labute approximate surface area is 111 Å². The van der Waals surface area contributed by atoms with Crippen molar-refractivity contribution >= 4 is 15.9 Å². The van der Waals surface area contributed by atoms with Crippen LogP contribution in [0.3, 0.4) is 0 Å². The Morgan fingerprint density at radius 1 is 1.53 bits per heavy atom. The molecular weight excluding hydrogens is 278 g/mol. The van der Waals surface area contributed by atoms with Gasteiger partial charge >= 0.3 is 0 Å². The van der Waals surface area contributed by atoms with E-state index in [9.17, 15) is 0 Å². The zero-order chi connectivity index (χ0) is 12.5. The topological polar surface area (TPSA) is 35.2 Å². The summed E-state index contributed by atoms with van der Waals surface area (Å²) in [6.07, 6.45) is 3.23. The average Bonchev–Trinajstić information content (AvgIpc) is 2.94. The van der Waals surface area contributed by atoms with Crippen molar-refractivity contribution in [1.82, 2.24) is 0 Å². The van der Waals surface area contributed by atoms with Crippen molar-refractivity contribution < 1.29 is 4.74 Å². The highest BCUT2D eigenvalue weighted by atomic mass is 79.9. The lowest BCUT2D eigenvalue weighted by Gasteiger charge is -2.12. The molecule has 1 aromatic carbocycles. The van der Waals surface area contributed by atoms with Crippen molar-refractivity contribution in [2.45, 2.75) is 31.7 Å². The summed E-state index contributed by atoms with van der Waals surface area (Å²) in [5, 5.41) is 0. The number of hydrogen-bond donors (Lipinski definition) is 1. The van der Waals surface area contributed by atoms with Gasteiger partial charge in [0.05, 0.1) is 4.47 Å². The van der Waals surface area contributed by atoms with Crippen LogP contribution in [-0.4, -0.2) is 12.1 Å². The molecule has 0 radical (unpaired) electrons. The summed E-state index contributed by atoms with van der Waals surface area (Å²) in [7, 11) is 0. The third-order valence-corrected chi connectivity index (χ3v) is 3.54. The van der Waals surface area contributed by atoms with E-state index in [1.807, 2.05) is 13.0 Å². The van der Waals surface area contributed by atoms with E-state index in [0.29, 0.717) is 6.61 Å². The highest BCUT2D eigenvalue weighted by Gasteiger charge is 2.37. The Bertz CT molecular complexity index is 438. The molecule has 0 aromatic heterocycles. The lowest BCUT2D eigenvalue weighted by Crippen LogP contribution is -2.24. The molecule has 1 aliphatic rings. The smallest absolute Gasteiger partial charge is 0.133 e. The van der Waals surface area contributed by atoms with E-state index in [1.165, 1.54) is 5.56 Å². The van der Waals surface area contributed by atoms with Crippen LogP contribution < -0.4 is 10.5 Å². The summed E-state index contributed by atoms with van der Waals surface area (Å²) in [6, 6.07) is 6.18. The maximum absolute atomic E-state index is 6.11. The van der Waals surface area contributed by atoms with Crippen LogP contribution >= 0.6 is 15.9 Å². The fourth-order valence-corrected chi connectivity index (χ4v) is 2.26. The summed E-state index contributed by atoms with van der Waals surface area (Å²) in [4.78, 5) is 0. The molecular formula is C14H18BrNO. The molecule has 1 fully saturated rings. The lowest BCUT2D eigenvalue weighted by molar-refractivity contribution is 0.350. The lowest BCUT2D eigenvalue weighted by atomic mass is 10.1. The van der Waals surface area contributed by atoms with E-state index < -0.39 is 0 Å². The van der Waals surface area contributed by atoms with Crippen molar-refractivity contribution in [3.63, 3.8) is 0 Å². The minimum absolute atomic E-state index is 0.0551. The minimum Gasteiger partial charge on any atom is -0.488 e. The van der Waals surface area contributed by atoms with Gasteiger partial charge in [-0.25, -0.2) is 0 Å². The van der Waals surface area contributed by atoms with E-state index in [0.717, 1.165) is 35.1 Å². The normalized spacial score (nSPS) is 16.6. The molecule has 2 nitrogen and oxygen atoms in total. The molecule has 3 heteroatoms. The Morgan fingerprint density at radius 3 is 2.76 bits per heavy atom. The van der Waals surface area contributed by atoms with E-state index in [-0.39, 0.29) is 5.54 Å². The molecule has 0 amide bonds. The second-order valence-electron chi connectivity index (χ2n) is 5.05. The standard InChI is InChI=1S/C14H18BrNO/c1-10(2)9-17-13-4-3-11(7-12(13)15)8-14(16)5-6-14/h3-4,7H,1,5-6,8-9,16H2,2H3. The molecule has 1 aliphatic carbocycles. The zero-order valence-corrected chi connectivity index (χ0v) is 11.7. The first-order valence-electron chi connectivity index (χ1n) is 5.83. The van der Waals surface area contributed by atoms with Crippen LogP contribution in [0.4, 0.5) is 0 Å². The molecule has 0 spiro atoms. The Morgan fingerprint density at radius 2 is 2.24 bits per heavy atom. The van der Waals surface area contributed by atoms with E-state index in [4.69, 9.17) is 10.5 Å². The van der Waals surface area contributed by atoms with Crippen LogP contribution in [0.15, 0.2) is 34.8 Å². The predicted molar refractivity (Wildman–Crippen MR) is 74.3 cm³/mol. The first-order valence-corrected chi connectivity index (χ1v) is 6.62. The van der Waals surface area contributed by atoms with Crippen molar-refractivity contribution in [3.8, 4) is 5.75 Å². The van der Waals surface area contributed by atoms with Crippen LogP contribution in [-0.2, 0) is 6.42 Å². The summed E-state index contributed by atoms with van der Waals surface area (Å²) >= 11 is 3.53.